The van der Waals surface area contributed by atoms with E-state index < -0.39 is 25.9 Å². The van der Waals surface area contributed by atoms with E-state index in [1.165, 1.54) is 6.92 Å². The van der Waals surface area contributed by atoms with Gasteiger partial charge in [0.1, 0.15) is 12.9 Å². The first kappa shape index (κ1) is 20.2. The third kappa shape index (κ3) is 8.10. The Balaban J connectivity index is 2.34. The molecule has 9 heteroatoms. The van der Waals surface area contributed by atoms with Gasteiger partial charge in [-0.1, -0.05) is 37.3 Å². The monoisotopic (exact) mass is 357 g/mol. The molecule has 0 aliphatic carbocycles. The number of ether oxygens (including phenoxy) is 1. The molecule has 0 aromatic heterocycles. The van der Waals surface area contributed by atoms with Crippen LogP contribution in [-0.2, 0) is 20.7 Å². The van der Waals surface area contributed by atoms with Crippen LogP contribution >= 0.6 is 7.52 Å². The maximum absolute atomic E-state index is 12.0. The smallest absolute Gasteiger partial charge is 0.407 e. The minimum Gasteiger partial charge on any atom is -0.445 e. The van der Waals surface area contributed by atoms with Gasteiger partial charge in [0, 0.05) is 6.54 Å². The Labute approximate surface area is 141 Å². The molecule has 2 amide bonds. The fourth-order valence-electron chi connectivity index (χ4n) is 1.75. The number of amides is 2. The summed E-state index contributed by atoms with van der Waals surface area (Å²) in [5.41, 5.74) is 0.805. The van der Waals surface area contributed by atoms with Crippen LogP contribution < -0.4 is 15.7 Å². The van der Waals surface area contributed by atoms with Gasteiger partial charge < -0.3 is 20.3 Å². The first-order valence-electron chi connectivity index (χ1n) is 7.66. The first-order chi connectivity index (χ1) is 11.3. The summed E-state index contributed by atoms with van der Waals surface area (Å²) in [6, 6.07) is 8.20. The summed E-state index contributed by atoms with van der Waals surface area (Å²) in [5.74, 6) is -0.377. The van der Waals surface area contributed by atoms with Crippen LogP contribution in [0, 0.1) is 0 Å². The topological polar surface area (TPSA) is 117 Å². The van der Waals surface area contributed by atoms with Gasteiger partial charge >= 0.3 is 6.09 Å². The normalized spacial score (nSPS) is 14.3. The van der Waals surface area contributed by atoms with Crippen molar-refractivity contribution in [1.29, 1.82) is 0 Å². The van der Waals surface area contributed by atoms with Crippen LogP contribution in [0.3, 0.4) is 0 Å². The minimum atomic E-state index is -3.91. The number of carbonyl (C=O) groups excluding carboxylic acids is 2. The van der Waals surface area contributed by atoms with Crippen molar-refractivity contribution < 1.29 is 23.8 Å². The molecular weight excluding hydrogens is 333 g/mol. The predicted molar refractivity (Wildman–Crippen MR) is 90.4 cm³/mol. The van der Waals surface area contributed by atoms with Crippen LogP contribution in [0.15, 0.2) is 30.3 Å². The van der Waals surface area contributed by atoms with Crippen molar-refractivity contribution >= 4 is 19.5 Å². The molecule has 0 aliphatic rings. The van der Waals surface area contributed by atoms with Gasteiger partial charge in [0.05, 0.1) is 6.04 Å². The molecule has 0 heterocycles. The molecule has 1 rings (SSSR count). The predicted octanol–water partition coefficient (Wildman–Crippen LogP) is 1.56. The lowest BCUT2D eigenvalue weighted by Crippen LogP contribution is -2.42. The van der Waals surface area contributed by atoms with E-state index >= 15 is 0 Å². The third-order valence-electron chi connectivity index (χ3n) is 2.99. The summed E-state index contributed by atoms with van der Waals surface area (Å²) in [6.45, 7) is 3.93. The molecular formula is C15H24N3O5P. The number of hydrogen-bond acceptors (Lipinski definition) is 4. The Hall–Kier alpha value is -1.89. The number of alkyl carbamates (subject to hydrolysis) is 1. The zero-order valence-electron chi connectivity index (χ0n) is 13.8. The number of carbonyl (C=O) groups is 2. The fraction of sp³-hybridized carbons (Fsp3) is 0.467. The average Bonchev–Trinajstić information content (AvgIpc) is 2.56. The molecule has 134 valence electrons. The standard InChI is InChI=1S/C15H24N3O5P/c1-3-9-16-14(19)12(2)18-24(21,22)11-17-15(20)23-10-13-7-5-4-6-8-13/h4-8,12H,3,9-11H2,1-2H3,(H,16,19)(H,17,20)(H2,18,21,22)/t12-/m0/s1. The molecule has 24 heavy (non-hydrogen) atoms. The van der Waals surface area contributed by atoms with E-state index in [4.69, 9.17) is 4.74 Å². The third-order valence-corrected chi connectivity index (χ3v) is 4.37. The number of benzene rings is 1. The van der Waals surface area contributed by atoms with Crippen molar-refractivity contribution in [3.05, 3.63) is 35.9 Å². The summed E-state index contributed by atoms with van der Waals surface area (Å²) >= 11 is 0. The van der Waals surface area contributed by atoms with E-state index in [9.17, 15) is 19.0 Å². The van der Waals surface area contributed by atoms with Crippen LogP contribution in [-0.4, -0.2) is 35.8 Å². The summed E-state index contributed by atoms with van der Waals surface area (Å²) in [5, 5.41) is 7.15. The van der Waals surface area contributed by atoms with E-state index in [1.54, 1.807) is 12.1 Å². The molecule has 1 aromatic carbocycles. The highest BCUT2D eigenvalue weighted by atomic mass is 31.2. The molecule has 4 N–H and O–H groups in total. The lowest BCUT2D eigenvalue weighted by Gasteiger charge is -2.19. The molecule has 2 atom stereocenters. The Morgan fingerprint density at radius 1 is 1.25 bits per heavy atom. The molecule has 1 aromatic rings. The maximum atomic E-state index is 12.0. The summed E-state index contributed by atoms with van der Waals surface area (Å²) < 4.78 is 16.9. The lowest BCUT2D eigenvalue weighted by molar-refractivity contribution is -0.122. The van der Waals surface area contributed by atoms with Crippen molar-refractivity contribution in [2.24, 2.45) is 0 Å². The lowest BCUT2D eigenvalue weighted by atomic mass is 10.2. The van der Waals surface area contributed by atoms with Gasteiger partial charge in [-0.2, -0.15) is 0 Å². The Morgan fingerprint density at radius 2 is 1.92 bits per heavy atom. The molecule has 0 bridgehead atoms. The van der Waals surface area contributed by atoms with Crippen molar-refractivity contribution in [3.63, 3.8) is 0 Å². The van der Waals surface area contributed by atoms with Gasteiger partial charge in [0.15, 0.2) is 0 Å². The second-order valence-corrected chi connectivity index (χ2v) is 7.22. The van der Waals surface area contributed by atoms with E-state index in [2.05, 4.69) is 15.7 Å². The maximum Gasteiger partial charge on any atom is 0.407 e. The SMILES string of the molecule is CCCNC(=O)[C@H](C)NP(=O)(O)CNC(=O)OCc1ccccc1. The van der Waals surface area contributed by atoms with Gasteiger partial charge in [-0.3, -0.25) is 9.36 Å². The minimum absolute atomic E-state index is 0.0612. The summed E-state index contributed by atoms with van der Waals surface area (Å²) in [4.78, 5) is 33.0. The van der Waals surface area contributed by atoms with E-state index in [-0.39, 0.29) is 12.5 Å². The van der Waals surface area contributed by atoms with Crippen LogP contribution in [0.1, 0.15) is 25.8 Å². The highest BCUT2D eigenvalue weighted by Gasteiger charge is 2.25. The Bertz CT molecular complexity index is 582. The summed E-state index contributed by atoms with van der Waals surface area (Å²) in [6.07, 6.45) is -0.575. The highest BCUT2D eigenvalue weighted by Crippen LogP contribution is 2.34. The second kappa shape index (κ2) is 10.1. The molecule has 0 saturated heterocycles. The zero-order chi connectivity index (χ0) is 18.0. The van der Waals surface area contributed by atoms with Crippen molar-refractivity contribution in [2.75, 3.05) is 12.8 Å². The molecule has 0 aliphatic heterocycles. The fourth-order valence-corrected chi connectivity index (χ4v) is 2.91. The molecule has 0 radical (unpaired) electrons. The first-order valence-corrected chi connectivity index (χ1v) is 9.50. The van der Waals surface area contributed by atoms with Gasteiger partial charge in [-0.05, 0) is 18.9 Å². The van der Waals surface area contributed by atoms with Crippen molar-refractivity contribution in [3.8, 4) is 0 Å². The van der Waals surface area contributed by atoms with E-state index in [0.717, 1.165) is 12.0 Å². The van der Waals surface area contributed by atoms with E-state index in [1.807, 2.05) is 25.1 Å². The van der Waals surface area contributed by atoms with Crippen LogP contribution in [0.5, 0.6) is 0 Å². The molecule has 0 spiro atoms. The Morgan fingerprint density at radius 3 is 2.54 bits per heavy atom. The van der Waals surface area contributed by atoms with Crippen LogP contribution in [0.2, 0.25) is 0 Å². The van der Waals surface area contributed by atoms with Gasteiger partial charge in [-0.25, -0.2) is 9.88 Å². The van der Waals surface area contributed by atoms with Gasteiger partial charge in [0.25, 0.3) is 7.52 Å². The van der Waals surface area contributed by atoms with E-state index in [0.29, 0.717) is 6.54 Å². The summed E-state index contributed by atoms with van der Waals surface area (Å²) in [7, 11) is -3.91. The van der Waals surface area contributed by atoms with Crippen molar-refractivity contribution in [1.82, 2.24) is 15.7 Å². The number of hydrogen-bond donors (Lipinski definition) is 4. The molecule has 8 nitrogen and oxygen atoms in total. The molecule has 0 saturated carbocycles. The quantitative estimate of drug-likeness (QED) is 0.498. The van der Waals surface area contributed by atoms with Gasteiger partial charge in [-0.15, -0.1) is 0 Å². The largest absolute Gasteiger partial charge is 0.445 e. The molecule has 0 fully saturated rings. The van der Waals surface area contributed by atoms with Crippen LogP contribution in [0.4, 0.5) is 4.79 Å². The van der Waals surface area contributed by atoms with Gasteiger partial charge in [0.2, 0.25) is 5.91 Å². The number of nitrogens with one attached hydrogen (secondary N) is 3. The van der Waals surface area contributed by atoms with Crippen molar-refractivity contribution in [2.45, 2.75) is 32.9 Å². The zero-order valence-corrected chi connectivity index (χ0v) is 14.7. The van der Waals surface area contributed by atoms with Crippen LogP contribution in [0.25, 0.3) is 0 Å². The number of rotatable bonds is 9. The average molecular weight is 357 g/mol. The molecule has 1 unspecified atom stereocenters. The highest BCUT2D eigenvalue weighted by molar-refractivity contribution is 7.55. The second-order valence-electron chi connectivity index (χ2n) is 5.24. The Kier molecular flexibility index (Phi) is 8.46.